The second-order valence-electron chi connectivity index (χ2n) is 2.68. The number of carbonyl (C=O) groups is 1. The van der Waals surface area contributed by atoms with Gasteiger partial charge >= 0.3 is 29.6 Å². The van der Waals surface area contributed by atoms with Crippen molar-refractivity contribution in [1.82, 2.24) is 0 Å². The number of aliphatic imine (C=N–C) groups is 1. The van der Waals surface area contributed by atoms with Crippen molar-refractivity contribution in [3.63, 3.8) is 0 Å². The van der Waals surface area contributed by atoms with Crippen LogP contribution < -0.4 is 34.7 Å². The summed E-state index contributed by atoms with van der Waals surface area (Å²) in [7, 11) is 0. The Labute approximate surface area is 105 Å². The molecule has 0 aliphatic rings. The second-order valence-corrected chi connectivity index (χ2v) is 2.68. The van der Waals surface area contributed by atoms with Crippen LogP contribution in [0, 0.1) is 0 Å². The minimum absolute atomic E-state index is 0. The molecule has 3 nitrogen and oxygen atoms in total. The van der Waals surface area contributed by atoms with Gasteiger partial charge in [0.1, 0.15) is 0 Å². The van der Waals surface area contributed by atoms with Crippen LogP contribution in [-0.4, -0.2) is 18.2 Å². The van der Waals surface area contributed by atoms with E-state index in [4.69, 9.17) is 0 Å². The van der Waals surface area contributed by atoms with Crippen molar-refractivity contribution in [2.45, 2.75) is 13.0 Å². The zero-order valence-corrected chi connectivity index (χ0v) is 10.3. The third kappa shape index (κ3) is 4.56. The van der Waals surface area contributed by atoms with Gasteiger partial charge < -0.3 is 9.90 Å². The zero-order chi connectivity index (χ0) is 9.68. The third-order valence-corrected chi connectivity index (χ3v) is 1.59. The summed E-state index contributed by atoms with van der Waals surface area (Å²) in [4.78, 5) is 14.1. The Morgan fingerprint density at radius 3 is 2.50 bits per heavy atom. The molecule has 0 amide bonds. The van der Waals surface area contributed by atoms with Gasteiger partial charge in [0.2, 0.25) is 0 Å². The monoisotopic (exact) mass is 199 g/mol. The van der Waals surface area contributed by atoms with Gasteiger partial charge in [0.25, 0.3) is 0 Å². The number of nitrogens with zero attached hydrogens (tertiary/aromatic N) is 1. The van der Waals surface area contributed by atoms with Crippen LogP contribution in [0.15, 0.2) is 35.3 Å². The topological polar surface area (TPSA) is 52.5 Å². The van der Waals surface area contributed by atoms with E-state index >= 15 is 0 Å². The van der Waals surface area contributed by atoms with Gasteiger partial charge in [-0.15, -0.1) is 0 Å². The van der Waals surface area contributed by atoms with Crippen molar-refractivity contribution in [2.24, 2.45) is 4.99 Å². The minimum Gasteiger partial charge on any atom is -0.548 e. The fourth-order valence-electron chi connectivity index (χ4n) is 0.798. The summed E-state index contributed by atoms with van der Waals surface area (Å²) in [5.41, 5.74) is 0.885. The molecule has 14 heavy (non-hydrogen) atoms. The average Bonchev–Trinajstić information content (AvgIpc) is 2.15. The van der Waals surface area contributed by atoms with Crippen molar-refractivity contribution in [3.05, 3.63) is 35.9 Å². The zero-order valence-electron chi connectivity index (χ0n) is 8.31. The van der Waals surface area contributed by atoms with Gasteiger partial charge in [-0.3, -0.25) is 4.99 Å². The van der Waals surface area contributed by atoms with Crippen LogP contribution in [0.2, 0.25) is 0 Å². The molecule has 0 bridgehead atoms. The molecular formula is C10H10NNaO2. The molecule has 1 atom stereocenters. The van der Waals surface area contributed by atoms with Crippen molar-refractivity contribution in [1.29, 1.82) is 0 Å². The van der Waals surface area contributed by atoms with Gasteiger partial charge in [0.15, 0.2) is 0 Å². The van der Waals surface area contributed by atoms with E-state index in [-0.39, 0.29) is 29.6 Å². The summed E-state index contributed by atoms with van der Waals surface area (Å²) in [6.45, 7) is 1.48. The van der Waals surface area contributed by atoms with Crippen molar-refractivity contribution < 1.29 is 39.5 Å². The summed E-state index contributed by atoms with van der Waals surface area (Å²) in [6.07, 6.45) is 1.53. The molecule has 0 aliphatic carbocycles. The molecule has 1 aromatic carbocycles. The van der Waals surface area contributed by atoms with Gasteiger partial charge in [0, 0.05) is 6.21 Å². The Bertz CT molecular complexity index is 311. The first-order valence-corrected chi connectivity index (χ1v) is 3.99. The van der Waals surface area contributed by atoms with Gasteiger partial charge in [-0.2, -0.15) is 0 Å². The number of carboxylic acids is 1. The molecule has 0 saturated heterocycles. The van der Waals surface area contributed by atoms with Gasteiger partial charge in [0.05, 0.1) is 12.0 Å². The normalized spacial score (nSPS) is 12.1. The SMILES string of the molecule is CC(N=Cc1ccccc1)C(=O)[O-].[Na+]. The molecule has 0 saturated carbocycles. The Morgan fingerprint density at radius 1 is 1.43 bits per heavy atom. The van der Waals surface area contributed by atoms with Crippen molar-refractivity contribution in [2.75, 3.05) is 0 Å². The van der Waals surface area contributed by atoms with Crippen molar-refractivity contribution in [3.8, 4) is 0 Å². The maximum atomic E-state index is 10.3. The number of carboxylic acid groups (broad SMARTS) is 1. The van der Waals surface area contributed by atoms with E-state index in [2.05, 4.69) is 4.99 Å². The number of hydrogen-bond donors (Lipinski definition) is 0. The van der Waals surface area contributed by atoms with E-state index < -0.39 is 12.0 Å². The van der Waals surface area contributed by atoms with Gasteiger partial charge in [-0.25, -0.2) is 0 Å². The largest absolute Gasteiger partial charge is 1.00 e. The van der Waals surface area contributed by atoms with E-state index in [9.17, 15) is 9.90 Å². The van der Waals surface area contributed by atoms with Crippen LogP contribution in [0.4, 0.5) is 0 Å². The number of benzene rings is 1. The van der Waals surface area contributed by atoms with E-state index in [1.54, 1.807) is 0 Å². The van der Waals surface area contributed by atoms with Crippen LogP contribution in [-0.2, 0) is 4.79 Å². The standard InChI is InChI=1S/C10H11NO2.Na/c1-8(10(12)13)11-7-9-5-3-2-4-6-9;/h2-8H,1H3,(H,12,13);/q;+1/p-1. The molecule has 0 spiro atoms. The Hall–Kier alpha value is -0.640. The smallest absolute Gasteiger partial charge is 0.548 e. The molecule has 68 valence electrons. The van der Waals surface area contributed by atoms with Crippen LogP contribution in [0.3, 0.4) is 0 Å². The number of hydrogen-bond acceptors (Lipinski definition) is 3. The molecule has 1 unspecified atom stereocenters. The minimum atomic E-state index is -1.16. The van der Waals surface area contributed by atoms with Crippen LogP contribution in [0.1, 0.15) is 12.5 Å². The summed E-state index contributed by atoms with van der Waals surface area (Å²) in [5.74, 6) is -1.16. The Balaban J connectivity index is 0.00000169. The molecule has 4 heteroatoms. The predicted octanol–water partition coefficient (Wildman–Crippen LogP) is -2.75. The predicted molar refractivity (Wildman–Crippen MR) is 48.5 cm³/mol. The van der Waals surface area contributed by atoms with E-state index in [1.807, 2.05) is 30.3 Å². The maximum Gasteiger partial charge on any atom is 1.00 e. The molecule has 1 rings (SSSR count). The molecule has 1 aromatic rings. The number of aliphatic carboxylic acids is 1. The van der Waals surface area contributed by atoms with E-state index in [0.29, 0.717) is 0 Å². The van der Waals surface area contributed by atoms with Crippen LogP contribution in [0.5, 0.6) is 0 Å². The van der Waals surface area contributed by atoms with Gasteiger partial charge in [-0.05, 0) is 12.5 Å². The van der Waals surface area contributed by atoms with E-state index in [0.717, 1.165) is 5.56 Å². The molecule has 0 heterocycles. The summed E-state index contributed by atoms with van der Waals surface area (Å²) in [5, 5.41) is 10.3. The average molecular weight is 199 g/mol. The molecule has 0 radical (unpaired) electrons. The first kappa shape index (κ1) is 13.4. The van der Waals surface area contributed by atoms with Gasteiger partial charge in [-0.1, -0.05) is 30.3 Å². The fraction of sp³-hybridized carbons (Fsp3) is 0.200. The maximum absolute atomic E-state index is 10.3. The van der Waals surface area contributed by atoms with E-state index in [1.165, 1.54) is 13.1 Å². The fourth-order valence-corrected chi connectivity index (χ4v) is 0.798. The molecule has 0 fully saturated rings. The Kier molecular flexibility index (Phi) is 6.45. The van der Waals surface area contributed by atoms with Crippen LogP contribution >= 0.6 is 0 Å². The molecule has 0 aromatic heterocycles. The van der Waals surface area contributed by atoms with Crippen molar-refractivity contribution >= 4 is 12.2 Å². The summed E-state index contributed by atoms with van der Waals surface area (Å²) >= 11 is 0. The molecular weight excluding hydrogens is 189 g/mol. The Morgan fingerprint density at radius 2 is 2.00 bits per heavy atom. The number of rotatable bonds is 3. The third-order valence-electron chi connectivity index (χ3n) is 1.59. The number of carbonyl (C=O) groups excluding carboxylic acids is 1. The molecule has 0 aliphatic heterocycles. The van der Waals surface area contributed by atoms with Crippen LogP contribution in [0.25, 0.3) is 0 Å². The first-order valence-electron chi connectivity index (χ1n) is 3.99. The first-order chi connectivity index (χ1) is 6.20. The quantitative estimate of drug-likeness (QED) is 0.391. The summed E-state index contributed by atoms with van der Waals surface area (Å²) in [6, 6.07) is 8.53. The second kappa shape index (κ2) is 6.76. The molecule has 0 N–H and O–H groups in total. The summed E-state index contributed by atoms with van der Waals surface area (Å²) < 4.78 is 0.